The molecule has 0 spiro atoms. The van der Waals surface area contributed by atoms with E-state index < -0.39 is 12.5 Å². The zero-order valence-electron chi connectivity index (χ0n) is 12.6. The number of aryl methyl sites for hydroxylation is 1. The molecule has 1 unspecified atom stereocenters. The Kier molecular flexibility index (Phi) is 5.70. The lowest BCUT2D eigenvalue weighted by Crippen LogP contribution is -2.25. The summed E-state index contributed by atoms with van der Waals surface area (Å²) in [4.78, 5) is 12.3. The average molecular weight is 388 g/mol. The number of anilines is 1. The lowest BCUT2D eigenvalue weighted by atomic mass is 10.1. The number of nitrogens with zero attached hydrogens (tertiary/aromatic N) is 2. The molecule has 0 aliphatic heterocycles. The van der Waals surface area contributed by atoms with E-state index in [1.165, 1.54) is 6.07 Å². The van der Waals surface area contributed by atoms with Gasteiger partial charge in [0.15, 0.2) is 0 Å². The molecule has 0 fully saturated rings. The molecule has 2 aromatic rings. The Bertz CT molecular complexity index is 691. The summed E-state index contributed by atoms with van der Waals surface area (Å²) in [6.07, 6.45) is 3.38. The topological polar surface area (TPSA) is 56.1 Å². The highest BCUT2D eigenvalue weighted by Gasteiger charge is 2.17. The maximum absolute atomic E-state index is 12.4. The van der Waals surface area contributed by atoms with Crippen molar-refractivity contribution in [3.63, 3.8) is 0 Å². The van der Waals surface area contributed by atoms with Gasteiger partial charge in [0.1, 0.15) is 5.75 Å². The van der Waals surface area contributed by atoms with Gasteiger partial charge < -0.3 is 10.1 Å². The molecular formula is C15H16BrF2N3O2. The molecule has 1 heterocycles. The standard InChI is InChI=1S/C15H16BrF2N3O2/c1-9-3-4-13(23-15(17)18)12(5-9)20-14(22)10(2)7-21-8-11(16)6-19-21/h3-6,8,10,15H,7H2,1-2H3,(H,20,22). The van der Waals surface area contributed by atoms with Crippen LogP contribution in [0.15, 0.2) is 35.1 Å². The third-order valence-electron chi connectivity index (χ3n) is 3.12. The molecule has 2 rings (SSSR count). The molecule has 124 valence electrons. The van der Waals surface area contributed by atoms with Crippen LogP contribution in [0.5, 0.6) is 5.75 Å². The van der Waals surface area contributed by atoms with E-state index >= 15 is 0 Å². The van der Waals surface area contributed by atoms with Gasteiger partial charge in [-0.15, -0.1) is 0 Å². The van der Waals surface area contributed by atoms with Crippen molar-refractivity contribution in [1.29, 1.82) is 0 Å². The van der Waals surface area contributed by atoms with Gasteiger partial charge in [-0.2, -0.15) is 13.9 Å². The summed E-state index contributed by atoms with van der Waals surface area (Å²) in [6.45, 7) is 0.946. The molecule has 1 aromatic heterocycles. The molecule has 1 amide bonds. The molecule has 0 radical (unpaired) electrons. The van der Waals surface area contributed by atoms with E-state index in [9.17, 15) is 13.6 Å². The minimum absolute atomic E-state index is 0.0621. The molecule has 5 nitrogen and oxygen atoms in total. The SMILES string of the molecule is Cc1ccc(OC(F)F)c(NC(=O)C(C)Cn2cc(Br)cn2)c1. The summed E-state index contributed by atoms with van der Waals surface area (Å²) in [5, 5.41) is 6.72. The van der Waals surface area contributed by atoms with E-state index in [4.69, 9.17) is 0 Å². The predicted molar refractivity (Wildman–Crippen MR) is 85.5 cm³/mol. The van der Waals surface area contributed by atoms with Crippen LogP contribution in [-0.4, -0.2) is 22.3 Å². The van der Waals surface area contributed by atoms with Crippen LogP contribution in [0.2, 0.25) is 0 Å². The second kappa shape index (κ2) is 7.54. The van der Waals surface area contributed by atoms with Gasteiger partial charge in [-0.25, -0.2) is 0 Å². The van der Waals surface area contributed by atoms with Crippen LogP contribution in [0.4, 0.5) is 14.5 Å². The summed E-state index contributed by atoms with van der Waals surface area (Å²) in [5.41, 5.74) is 1.05. The quantitative estimate of drug-likeness (QED) is 0.819. The van der Waals surface area contributed by atoms with Crippen molar-refractivity contribution in [2.45, 2.75) is 27.0 Å². The van der Waals surface area contributed by atoms with E-state index in [2.05, 4.69) is 31.1 Å². The number of hydrogen-bond acceptors (Lipinski definition) is 3. The number of carbonyl (C=O) groups is 1. The average Bonchev–Trinajstić information content (AvgIpc) is 2.86. The molecule has 23 heavy (non-hydrogen) atoms. The largest absolute Gasteiger partial charge is 0.433 e. The normalized spacial score (nSPS) is 12.3. The van der Waals surface area contributed by atoms with Gasteiger partial charge in [0.05, 0.1) is 28.8 Å². The number of alkyl halides is 2. The molecule has 1 atom stereocenters. The molecule has 1 N–H and O–H groups in total. The van der Waals surface area contributed by atoms with Gasteiger partial charge >= 0.3 is 6.61 Å². The first-order valence-electron chi connectivity index (χ1n) is 6.89. The summed E-state index contributed by atoms with van der Waals surface area (Å²) < 4.78 is 31.7. The fourth-order valence-corrected chi connectivity index (χ4v) is 2.33. The van der Waals surface area contributed by atoms with Crippen LogP contribution in [0.3, 0.4) is 0 Å². The first-order chi connectivity index (χ1) is 10.8. The number of rotatable bonds is 6. The van der Waals surface area contributed by atoms with Crippen LogP contribution in [0.1, 0.15) is 12.5 Å². The van der Waals surface area contributed by atoms with Crippen molar-refractivity contribution >= 4 is 27.5 Å². The first-order valence-corrected chi connectivity index (χ1v) is 7.68. The Hall–Kier alpha value is -1.96. The minimum atomic E-state index is -2.95. The molecule has 0 saturated heterocycles. The molecular weight excluding hydrogens is 372 g/mol. The van der Waals surface area contributed by atoms with Gasteiger partial charge in [0.25, 0.3) is 0 Å². The van der Waals surface area contributed by atoms with Gasteiger partial charge in [0.2, 0.25) is 5.91 Å². The zero-order chi connectivity index (χ0) is 17.0. The molecule has 0 aliphatic carbocycles. The maximum Gasteiger partial charge on any atom is 0.387 e. The molecule has 0 bridgehead atoms. The highest BCUT2D eigenvalue weighted by molar-refractivity contribution is 9.10. The lowest BCUT2D eigenvalue weighted by molar-refractivity contribution is -0.119. The lowest BCUT2D eigenvalue weighted by Gasteiger charge is -2.16. The molecule has 8 heteroatoms. The highest BCUT2D eigenvalue weighted by Crippen LogP contribution is 2.27. The molecule has 0 aliphatic rings. The molecule has 0 saturated carbocycles. The predicted octanol–water partition coefficient (Wildman–Crippen LogP) is 3.83. The number of amides is 1. The Balaban J connectivity index is 2.08. The third kappa shape index (κ3) is 5.02. The number of carbonyl (C=O) groups excluding carboxylic acids is 1. The summed E-state index contributed by atoms with van der Waals surface area (Å²) in [6, 6.07) is 4.64. The smallest absolute Gasteiger partial charge is 0.387 e. The summed E-state index contributed by atoms with van der Waals surface area (Å²) >= 11 is 3.28. The Morgan fingerprint density at radius 3 is 2.83 bits per heavy atom. The fraction of sp³-hybridized carbons (Fsp3) is 0.333. The second-order valence-corrected chi connectivity index (χ2v) is 6.06. The van der Waals surface area contributed by atoms with Crippen LogP contribution >= 0.6 is 15.9 Å². The fourth-order valence-electron chi connectivity index (χ4n) is 2.00. The maximum atomic E-state index is 12.4. The Morgan fingerprint density at radius 2 is 2.22 bits per heavy atom. The third-order valence-corrected chi connectivity index (χ3v) is 3.53. The Labute approximate surface area is 140 Å². The number of nitrogens with one attached hydrogen (secondary N) is 1. The van der Waals surface area contributed by atoms with E-state index in [1.807, 2.05) is 0 Å². The number of hydrogen-bond donors (Lipinski definition) is 1. The zero-order valence-corrected chi connectivity index (χ0v) is 14.2. The van der Waals surface area contributed by atoms with Crippen molar-refractivity contribution in [2.24, 2.45) is 5.92 Å². The number of benzene rings is 1. The number of ether oxygens (including phenoxy) is 1. The van der Waals surface area contributed by atoms with Crippen molar-refractivity contribution < 1.29 is 18.3 Å². The van der Waals surface area contributed by atoms with E-state index in [-0.39, 0.29) is 17.3 Å². The van der Waals surface area contributed by atoms with Gasteiger partial charge in [-0.3, -0.25) is 9.48 Å². The molecule has 1 aromatic carbocycles. The number of aromatic nitrogens is 2. The van der Waals surface area contributed by atoms with E-state index in [0.717, 1.165) is 10.0 Å². The van der Waals surface area contributed by atoms with Gasteiger partial charge in [-0.1, -0.05) is 13.0 Å². The van der Waals surface area contributed by atoms with Gasteiger partial charge in [-0.05, 0) is 40.5 Å². The monoisotopic (exact) mass is 387 g/mol. The summed E-state index contributed by atoms with van der Waals surface area (Å²) in [7, 11) is 0. The minimum Gasteiger partial charge on any atom is -0.433 e. The highest BCUT2D eigenvalue weighted by atomic mass is 79.9. The first kappa shape index (κ1) is 17.4. The van der Waals surface area contributed by atoms with Crippen LogP contribution in [0.25, 0.3) is 0 Å². The van der Waals surface area contributed by atoms with E-state index in [1.54, 1.807) is 43.1 Å². The Morgan fingerprint density at radius 1 is 1.48 bits per heavy atom. The van der Waals surface area contributed by atoms with Crippen LogP contribution in [-0.2, 0) is 11.3 Å². The summed E-state index contributed by atoms with van der Waals surface area (Å²) in [5.74, 6) is -0.768. The van der Waals surface area contributed by atoms with E-state index in [0.29, 0.717) is 6.54 Å². The number of halogens is 3. The van der Waals surface area contributed by atoms with Crippen molar-refractivity contribution in [3.05, 3.63) is 40.6 Å². The van der Waals surface area contributed by atoms with Gasteiger partial charge in [0, 0.05) is 6.20 Å². The van der Waals surface area contributed by atoms with Crippen molar-refractivity contribution in [2.75, 3.05) is 5.32 Å². The van der Waals surface area contributed by atoms with Crippen LogP contribution in [0, 0.1) is 12.8 Å². The second-order valence-electron chi connectivity index (χ2n) is 5.15. The van der Waals surface area contributed by atoms with Crippen molar-refractivity contribution in [1.82, 2.24) is 9.78 Å². The van der Waals surface area contributed by atoms with Crippen molar-refractivity contribution in [3.8, 4) is 5.75 Å². The van der Waals surface area contributed by atoms with Crippen LogP contribution < -0.4 is 10.1 Å².